The number of hydrogen-bond donors (Lipinski definition) is 2. The molecule has 2 N–H and O–H groups in total. The summed E-state index contributed by atoms with van der Waals surface area (Å²) < 4.78 is 5.62. The number of guanidine groups is 1. The summed E-state index contributed by atoms with van der Waals surface area (Å²) in [5.74, 6) is 1.97. The van der Waals surface area contributed by atoms with Gasteiger partial charge in [-0.2, -0.15) is 0 Å². The van der Waals surface area contributed by atoms with E-state index in [0.717, 1.165) is 50.0 Å². The van der Waals surface area contributed by atoms with Crippen LogP contribution in [0.1, 0.15) is 38.8 Å². The van der Waals surface area contributed by atoms with E-state index in [2.05, 4.69) is 46.4 Å². The molecule has 0 unspecified atom stereocenters. The molecule has 1 aliphatic rings. The highest BCUT2D eigenvalue weighted by Gasteiger charge is 2.21. The standard InChI is InChI=1S/C22H37N5O2.HI/c1-6-23-22(24-15-19-8-9-20(29-7-2)18(5)14-19)27-12-10-26(11-13-27)16-21(28)25-17(3)4;/h8-9,14,17H,6-7,10-13,15-16H2,1-5H3,(H,23,24)(H,25,28);1H. The Hall–Kier alpha value is -1.55. The van der Waals surface area contributed by atoms with Crippen LogP contribution in [0.15, 0.2) is 23.2 Å². The van der Waals surface area contributed by atoms with Gasteiger partial charge in [-0.3, -0.25) is 9.69 Å². The first-order valence-electron chi connectivity index (χ1n) is 10.7. The fourth-order valence-electron chi connectivity index (χ4n) is 3.41. The maximum atomic E-state index is 12.0. The topological polar surface area (TPSA) is 69.2 Å². The first kappa shape index (κ1) is 26.5. The van der Waals surface area contributed by atoms with Crippen LogP contribution in [0.3, 0.4) is 0 Å². The summed E-state index contributed by atoms with van der Waals surface area (Å²) in [6, 6.07) is 6.43. The molecule has 2 rings (SSSR count). The molecule has 1 saturated heterocycles. The van der Waals surface area contributed by atoms with Crippen LogP contribution >= 0.6 is 24.0 Å². The zero-order valence-corrected chi connectivity index (χ0v) is 21.4. The fraction of sp³-hybridized carbons (Fsp3) is 0.636. The molecule has 0 atom stereocenters. The number of nitrogens with zero attached hydrogens (tertiary/aromatic N) is 3. The number of carbonyl (C=O) groups excluding carboxylic acids is 1. The van der Waals surface area contributed by atoms with Gasteiger partial charge in [-0.15, -0.1) is 24.0 Å². The molecule has 30 heavy (non-hydrogen) atoms. The molecule has 0 saturated carbocycles. The average Bonchev–Trinajstić information content (AvgIpc) is 2.67. The molecule has 0 aromatic heterocycles. The highest BCUT2D eigenvalue weighted by molar-refractivity contribution is 14.0. The van der Waals surface area contributed by atoms with Crippen molar-refractivity contribution in [3.05, 3.63) is 29.3 Å². The number of carbonyl (C=O) groups is 1. The smallest absolute Gasteiger partial charge is 0.234 e. The van der Waals surface area contributed by atoms with Crippen molar-refractivity contribution in [1.29, 1.82) is 0 Å². The minimum Gasteiger partial charge on any atom is -0.494 e. The van der Waals surface area contributed by atoms with E-state index in [1.807, 2.05) is 26.8 Å². The number of piperazine rings is 1. The molecule has 0 radical (unpaired) electrons. The van der Waals surface area contributed by atoms with E-state index in [-0.39, 0.29) is 35.9 Å². The monoisotopic (exact) mass is 531 g/mol. The molecule has 1 heterocycles. The summed E-state index contributed by atoms with van der Waals surface area (Å²) >= 11 is 0. The molecule has 1 amide bonds. The van der Waals surface area contributed by atoms with Crippen LogP contribution in [0.4, 0.5) is 0 Å². The average molecular weight is 531 g/mol. The molecule has 0 spiro atoms. The van der Waals surface area contributed by atoms with E-state index in [1.165, 1.54) is 5.56 Å². The summed E-state index contributed by atoms with van der Waals surface area (Å²) in [5.41, 5.74) is 2.31. The Morgan fingerprint density at radius 3 is 2.47 bits per heavy atom. The molecule has 170 valence electrons. The Bertz CT molecular complexity index is 688. The van der Waals surface area contributed by atoms with Gasteiger partial charge in [0.25, 0.3) is 0 Å². The lowest BCUT2D eigenvalue weighted by molar-refractivity contribution is -0.123. The molecule has 1 fully saturated rings. The summed E-state index contributed by atoms with van der Waals surface area (Å²) in [6.07, 6.45) is 0. The highest BCUT2D eigenvalue weighted by atomic mass is 127. The molecule has 0 aliphatic carbocycles. The minimum atomic E-state index is 0. The van der Waals surface area contributed by atoms with Gasteiger partial charge in [-0.25, -0.2) is 4.99 Å². The van der Waals surface area contributed by atoms with Gasteiger partial charge in [0.05, 0.1) is 19.7 Å². The number of aliphatic imine (C=N–C) groups is 1. The van der Waals surface area contributed by atoms with Gasteiger partial charge in [0, 0.05) is 38.8 Å². The lowest BCUT2D eigenvalue weighted by atomic mass is 10.1. The van der Waals surface area contributed by atoms with Crippen molar-refractivity contribution >= 4 is 35.8 Å². The van der Waals surface area contributed by atoms with Gasteiger partial charge >= 0.3 is 0 Å². The Morgan fingerprint density at radius 2 is 1.90 bits per heavy atom. The van der Waals surface area contributed by atoms with Gasteiger partial charge in [-0.1, -0.05) is 12.1 Å². The number of benzene rings is 1. The summed E-state index contributed by atoms with van der Waals surface area (Å²) in [4.78, 5) is 21.3. The largest absolute Gasteiger partial charge is 0.494 e. The Morgan fingerprint density at radius 1 is 1.20 bits per heavy atom. The third-order valence-electron chi connectivity index (χ3n) is 4.77. The van der Waals surface area contributed by atoms with E-state index in [4.69, 9.17) is 9.73 Å². The van der Waals surface area contributed by atoms with Crippen LogP contribution in [0, 0.1) is 6.92 Å². The lowest BCUT2D eigenvalue weighted by Gasteiger charge is -2.36. The van der Waals surface area contributed by atoms with Crippen molar-refractivity contribution in [3.63, 3.8) is 0 Å². The number of nitrogens with one attached hydrogen (secondary N) is 2. The first-order valence-corrected chi connectivity index (χ1v) is 10.7. The van der Waals surface area contributed by atoms with Gasteiger partial charge in [0.15, 0.2) is 5.96 Å². The number of halogens is 1. The number of amides is 1. The van der Waals surface area contributed by atoms with Crippen LogP contribution in [-0.4, -0.2) is 73.6 Å². The minimum absolute atomic E-state index is 0. The number of hydrogen-bond acceptors (Lipinski definition) is 4. The Balaban J connectivity index is 0.00000450. The number of ether oxygens (including phenoxy) is 1. The molecular formula is C22H38IN5O2. The van der Waals surface area contributed by atoms with Crippen LogP contribution in [0.25, 0.3) is 0 Å². The van der Waals surface area contributed by atoms with Crippen molar-refractivity contribution in [2.24, 2.45) is 4.99 Å². The second kappa shape index (κ2) is 13.7. The summed E-state index contributed by atoms with van der Waals surface area (Å²) in [7, 11) is 0. The lowest BCUT2D eigenvalue weighted by Crippen LogP contribution is -2.54. The number of aryl methyl sites for hydroxylation is 1. The van der Waals surface area contributed by atoms with Crippen molar-refractivity contribution in [1.82, 2.24) is 20.4 Å². The molecule has 7 nitrogen and oxygen atoms in total. The summed E-state index contributed by atoms with van der Waals surface area (Å²) in [6.45, 7) is 16.2. The molecule has 0 bridgehead atoms. The van der Waals surface area contributed by atoms with E-state index in [0.29, 0.717) is 19.7 Å². The third kappa shape index (κ3) is 8.67. The van der Waals surface area contributed by atoms with Crippen LogP contribution in [0.2, 0.25) is 0 Å². The quantitative estimate of drug-likeness (QED) is 0.307. The summed E-state index contributed by atoms with van der Waals surface area (Å²) in [5, 5.41) is 6.36. The first-order chi connectivity index (χ1) is 13.9. The Kier molecular flexibility index (Phi) is 12.1. The zero-order chi connectivity index (χ0) is 21.2. The van der Waals surface area contributed by atoms with Crippen molar-refractivity contribution in [3.8, 4) is 5.75 Å². The van der Waals surface area contributed by atoms with Gasteiger partial charge in [-0.05, 0) is 51.8 Å². The van der Waals surface area contributed by atoms with Gasteiger partial charge in [0.1, 0.15) is 5.75 Å². The molecule has 1 aromatic carbocycles. The SMILES string of the molecule is CCNC(=NCc1ccc(OCC)c(C)c1)N1CCN(CC(=O)NC(C)C)CC1.I. The molecule has 1 aromatic rings. The van der Waals surface area contributed by atoms with E-state index in [1.54, 1.807) is 0 Å². The van der Waals surface area contributed by atoms with Crippen molar-refractivity contribution < 1.29 is 9.53 Å². The Labute approximate surface area is 198 Å². The van der Waals surface area contributed by atoms with Crippen LogP contribution in [-0.2, 0) is 11.3 Å². The zero-order valence-electron chi connectivity index (χ0n) is 19.0. The van der Waals surface area contributed by atoms with E-state index in [9.17, 15) is 4.79 Å². The van der Waals surface area contributed by atoms with E-state index < -0.39 is 0 Å². The predicted molar refractivity (Wildman–Crippen MR) is 134 cm³/mol. The fourth-order valence-corrected chi connectivity index (χ4v) is 3.41. The third-order valence-corrected chi connectivity index (χ3v) is 4.77. The maximum Gasteiger partial charge on any atom is 0.234 e. The van der Waals surface area contributed by atoms with Crippen LogP contribution < -0.4 is 15.4 Å². The maximum absolute atomic E-state index is 12.0. The van der Waals surface area contributed by atoms with Crippen LogP contribution in [0.5, 0.6) is 5.75 Å². The highest BCUT2D eigenvalue weighted by Crippen LogP contribution is 2.19. The van der Waals surface area contributed by atoms with Gasteiger partial charge < -0.3 is 20.3 Å². The van der Waals surface area contributed by atoms with Crippen molar-refractivity contribution in [2.45, 2.75) is 47.2 Å². The van der Waals surface area contributed by atoms with Crippen molar-refractivity contribution in [2.75, 3.05) is 45.9 Å². The predicted octanol–water partition coefficient (Wildman–Crippen LogP) is 2.62. The molecule has 8 heteroatoms. The molecule has 1 aliphatic heterocycles. The molecular weight excluding hydrogens is 493 g/mol. The van der Waals surface area contributed by atoms with Gasteiger partial charge in [0.2, 0.25) is 5.91 Å². The van der Waals surface area contributed by atoms with E-state index >= 15 is 0 Å². The normalized spacial score (nSPS) is 15.0. The number of rotatable bonds is 8. The second-order valence-electron chi connectivity index (χ2n) is 7.69. The second-order valence-corrected chi connectivity index (χ2v) is 7.69.